The van der Waals surface area contributed by atoms with Crippen LogP contribution >= 0.6 is 7.49 Å². The molecule has 0 heterocycles. The van der Waals surface area contributed by atoms with Gasteiger partial charge in [-0.1, -0.05) is 0 Å². The van der Waals surface area contributed by atoms with Crippen LogP contribution in [-0.4, -0.2) is 34.0 Å². The standard InChI is InChI=1S/C48H66NO5PS.Pd/c1-32(2)36-29-41(33(3)4)46(42(30-36)34(5)6)47-44(52-7)27-28-45(53-8)48(47)55(37-20-11-9-12-21-37,38-22-13-10-14-23-38)54-56(50,51)31-35-19-15-16-24-39(35)40-25-17-18-26-43(40)49;/h15-19,24-30,32-34,37-38,55H,9-14,20-23,31,49H2,1-8H3;. The van der Waals surface area contributed by atoms with Gasteiger partial charge in [-0.3, -0.25) is 0 Å². The van der Waals surface area contributed by atoms with E-state index >= 15 is 8.42 Å². The molecule has 2 N–H and O–H groups in total. The second kappa shape index (κ2) is 19.6. The van der Waals surface area contributed by atoms with Gasteiger partial charge in [0.05, 0.1) is 0 Å². The molecule has 0 amide bonds. The van der Waals surface area contributed by atoms with Crippen molar-refractivity contribution in [2.75, 3.05) is 20.0 Å². The number of benzene rings is 4. The summed E-state index contributed by atoms with van der Waals surface area (Å²) >= 11 is 0. The maximum Gasteiger partial charge on any atom is 0 e. The number of nitrogens with two attached hydrogens (primary N) is 1. The normalized spacial score (nSPS) is 16.2. The van der Waals surface area contributed by atoms with E-state index in [9.17, 15) is 0 Å². The van der Waals surface area contributed by atoms with Crippen molar-refractivity contribution in [3.63, 3.8) is 0 Å². The Kier molecular flexibility index (Phi) is 15.6. The third-order valence-electron chi connectivity index (χ3n) is 12.6. The zero-order chi connectivity index (χ0) is 40.2. The van der Waals surface area contributed by atoms with Gasteiger partial charge < -0.3 is 0 Å². The van der Waals surface area contributed by atoms with Crippen LogP contribution in [0.5, 0.6) is 11.5 Å². The Bertz CT molecular complexity index is 2040. The molecule has 2 fully saturated rings. The molecule has 0 spiro atoms. The largest absolute Gasteiger partial charge is 0 e. The molecule has 2 saturated carbocycles. The van der Waals surface area contributed by atoms with Gasteiger partial charge in [-0.05, 0) is 0 Å². The summed E-state index contributed by atoms with van der Waals surface area (Å²) in [4.78, 5) is 0. The number of hydrogen-bond donors (Lipinski definition) is 1. The summed E-state index contributed by atoms with van der Waals surface area (Å²) in [7, 11) is -4.27. The van der Waals surface area contributed by atoms with Crippen LogP contribution in [0.4, 0.5) is 5.69 Å². The first kappa shape index (κ1) is 45.4. The number of nitrogen functional groups attached to an aromatic ring is 1. The van der Waals surface area contributed by atoms with Crippen molar-refractivity contribution in [2.24, 2.45) is 0 Å². The molecule has 6 rings (SSSR count). The SMILES string of the molecule is COc1ccc(OC)c([PH](OS(=O)(=O)Cc2ccccc2-c2ccccc2N)(C2CCCCC2)C2CCCCC2)c1-c1c(C(C)C)cc(C(C)C)cc1C(C)C.[Pd]. The minimum Gasteiger partial charge on any atom is 0 e. The third-order valence-corrected chi connectivity index (χ3v) is 20.3. The molecule has 4 aromatic carbocycles. The van der Waals surface area contributed by atoms with Gasteiger partial charge in [-0.2, -0.15) is 0 Å². The fourth-order valence-corrected chi connectivity index (χ4v) is 19.0. The Hall–Kier alpha value is -2.72. The molecular weight excluding hydrogens is 840 g/mol. The van der Waals surface area contributed by atoms with Crippen molar-refractivity contribution in [3.8, 4) is 33.8 Å². The molecule has 57 heavy (non-hydrogen) atoms. The summed E-state index contributed by atoms with van der Waals surface area (Å²) < 4.78 is 51.0. The first-order valence-electron chi connectivity index (χ1n) is 21.1. The maximum absolute atomic E-state index is 15.3. The van der Waals surface area contributed by atoms with Crippen LogP contribution in [0, 0.1) is 0 Å². The molecule has 9 heteroatoms. The van der Waals surface area contributed by atoms with Crippen LogP contribution in [0.2, 0.25) is 0 Å². The summed E-state index contributed by atoms with van der Waals surface area (Å²) in [6, 6.07) is 24.2. The van der Waals surface area contributed by atoms with E-state index in [0.29, 0.717) is 22.9 Å². The van der Waals surface area contributed by atoms with Crippen LogP contribution in [0.3, 0.4) is 0 Å². The fourth-order valence-electron chi connectivity index (χ4n) is 9.85. The second-order valence-electron chi connectivity index (χ2n) is 17.3. The molecule has 0 unspecified atom stereocenters. The van der Waals surface area contributed by atoms with E-state index in [1.807, 2.05) is 60.7 Å². The monoisotopic (exact) mass is 905 g/mol. The molecular formula is C48H66NO5PPdS. The zero-order valence-corrected chi connectivity index (χ0v) is 38.8. The summed E-state index contributed by atoms with van der Waals surface area (Å²) in [6.07, 6.45) is 10.3. The number of rotatable bonds is 14. The molecule has 0 aromatic heterocycles. The Balaban J connectivity index is 0.00000620. The van der Waals surface area contributed by atoms with Gasteiger partial charge in [0.2, 0.25) is 0 Å². The van der Waals surface area contributed by atoms with Gasteiger partial charge in [-0.25, -0.2) is 0 Å². The van der Waals surface area contributed by atoms with E-state index in [1.165, 1.54) is 16.7 Å². The molecule has 0 bridgehead atoms. The summed E-state index contributed by atoms with van der Waals surface area (Å²) in [6.45, 7) is 13.6. The predicted molar refractivity (Wildman–Crippen MR) is 239 cm³/mol. The molecule has 314 valence electrons. The maximum atomic E-state index is 15.3. The molecule has 4 aromatic rings. The van der Waals surface area contributed by atoms with Crippen LogP contribution in [0.25, 0.3) is 22.3 Å². The third kappa shape index (κ3) is 9.53. The quantitative estimate of drug-likeness (QED) is 0.0770. The van der Waals surface area contributed by atoms with Gasteiger partial charge in [-0.15, -0.1) is 0 Å². The Morgan fingerprint density at radius 2 is 1.14 bits per heavy atom. The van der Waals surface area contributed by atoms with E-state index in [1.54, 1.807) is 14.2 Å². The predicted octanol–water partition coefficient (Wildman–Crippen LogP) is 12.5. The molecule has 0 atom stereocenters. The Labute approximate surface area is 358 Å². The van der Waals surface area contributed by atoms with E-state index in [-0.39, 0.29) is 49.3 Å². The van der Waals surface area contributed by atoms with Crippen molar-refractivity contribution in [1.82, 2.24) is 0 Å². The van der Waals surface area contributed by atoms with Crippen molar-refractivity contribution < 1.29 is 42.3 Å². The Morgan fingerprint density at radius 1 is 0.649 bits per heavy atom. The number of para-hydroxylation sites is 1. The van der Waals surface area contributed by atoms with E-state index in [2.05, 4.69) is 53.7 Å². The van der Waals surface area contributed by atoms with E-state index in [0.717, 1.165) is 97.5 Å². The Morgan fingerprint density at radius 3 is 1.63 bits per heavy atom. The molecule has 0 saturated heterocycles. The summed E-state index contributed by atoms with van der Waals surface area (Å²) in [5.74, 6) is 1.98. The van der Waals surface area contributed by atoms with Gasteiger partial charge >= 0.3 is 340 Å². The van der Waals surface area contributed by atoms with Crippen molar-refractivity contribution >= 4 is 28.6 Å². The number of ether oxygens (including phenoxy) is 2. The van der Waals surface area contributed by atoms with Crippen molar-refractivity contribution in [2.45, 2.75) is 141 Å². The van der Waals surface area contributed by atoms with Gasteiger partial charge in [0.1, 0.15) is 0 Å². The zero-order valence-electron chi connectivity index (χ0n) is 35.4. The second-order valence-corrected chi connectivity index (χ2v) is 23.0. The van der Waals surface area contributed by atoms with Gasteiger partial charge in [0.25, 0.3) is 0 Å². The van der Waals surface area contributed by atoms with E-state index < -0.39 is 17.6 Å². The fraction of sp³-hybridized carbons (Fsp3) is 0.500. The van der Waals surface area contributed by atoms with Gasteiger partial charge in [0, 0.05) is 20.4 Å². The smallest absolute Gasteiger partial charge is 0 e. The number of hydrogen-bond acceptors (Lipinski definition) is 6. The average Bonchev–Trinajstić information content (AvgIpc) is 3.19. The molecule has 6 nitrogen and oxygen atoms in total. The van der Waals surface area contributed by atoms with Crippen molar-refractivity contribution in [3.05, 3.63) is 95.1 Å². The van der Waals surface area contributed by atoms with Crippen LogP contribution < -0.4 is 20.5 Å². The molecule has 0 aliphatic heterocycles. The topological polar surface area (TPSA) is 87.9 Å². The first-order valence-corrected chi connectivity index (χ1v) is 24.8. The number of methoxy groups -OCH3 is 2. The van der Waals surface area contributed by atoms with Gasteiger partial charge in [0.15, 0.2) is 0 Å². The first-order chi connectivity index (χ1) is 26.8. The number of anilines is 1. The molecule has 2 aliphatic rings. The van der Waals surface area contributed by atoms with Crippen LogP contribution in [-0.2, 0) is 40.3 Å². The molecule has 2 aliphatic carbocycles. The van der Waals surface area contributed by atoms with Crippen LogP contribution in [0.1, 0.15) is 146 Å². The summed E-state index contributed by atoms with van der Waals surface area (Å²) in [5, 5.41) is 0.975. The summed E-state index contributed by atoms with van der Waals surface area (Å²) in [5.41, 5.74) is 15.5. The van der Waals surface area contributed by atoms with E-state index in [4.69, 9.17) is 19.2 Å². The average molecular weight is 907 g/mol. The van der Waals surface area contributed by atoms with Crippen LogP contribution in [0.15, 0.2) is 72.8 Å². The molecule has 0 radical (unpaired) electrons. The van der Waals surface area contributed by atoms with Crippen molar-refractivity contribution in [1.29, 1.82) is 0 Å². The minimum absolute atomic E-state index is 0. The minimum atomic E-state index is -4.17.